The molecule has 0 radical (unpaired) electrons. The number of nitrogens with one attached hydrogen (secondary N) is 1. The van der Waals surface area contributed by atoms with Crippen molar-refractivity contribution < 1.29 is 4.42 Å². The second-order valence-corrected chi connectivity index (χ2v) is 5.71. The third-order valence-electron chi connectivity index (χ3n) is 3.77. The normalized spacial score (nSPS) is 23.7. The van der Waals surface area contributed by atoms with Gasteiger partial charge in [0.1, 0.15) is 11.5 Å². The second-order valence-electron chi connectivity index (χ2n) is 5.71. The fourth-order valence-electron chi connectivity index (χ4n) is 2.24. The molecule has 2 atom stereocenters. The standard InChI is InChI=1S/C16H25NO/c1-5-17-10-13(11(2)3)9-14-6-7-16(18-14)15-8-12(15)4/h6-7,9,11-12,15,17H,5,8,10H2,1-4H3. The highest BCUT2D eigenvalue weighted by atomic mass is 16.3. The summed E-state index contributed by atoms with van der Waals surface area (Å²) in [4.78, 5) is 0. The lowest BCUT2D eigenvalue weighted by Gasteiger charge is -2.11. The van der Waals surface area contributed by atoms with Crippen LogP contribution in [0.3, 0.4) is 0 Å². The summed E-state index contributed by atoms with van der Waals surface area (Å²) in [7, 11) is 0. The topological polar surface area (TPSA) is 25.2 Å². The van der Waals surface area contributed by atoms with Gasteiger partial charge in [-0.2, -0.15) is 0 Å². The zero-order valence-electron chi connectivity index (χ0n) is 12.0. The van der Waals surface area contributed by atoms with Crippen LogP contribution in [0.5, 0.6) is 0 Å². The maximum atomic E-state index is 5.93. The van der Waals surface area contributed by atoms with E-state index in [9.17, 15) is 0 Å². The fourth-order valence-corrected chi connectivity index (χ4v) is 2.24. The van der Waals surface area contributed by atoms with E-state index in [1.807, 2.05) is 0 Å². The van der Waals surface area contributed by atoms with Crippen molar-refractivity contribution in [2.45, 2.75) is 40.0 Å². The summed E-state index contributed by atoms with van der Waals surface area (Å²) in [6.07, 6.45) is 3.48. The highest BCUT2D eigenvalue weighted by Gasteiger charge is 2.36. The molecule has 0 aromatic carbocycles. The van der Waals surface area contributed by atoms with Crippen molar-refractivity contribution in [2.75, 3.05) is 13.1 Å². The van der Waals surface area contributed by atoms with Crippen LogP contribution >= 0.6 is 0 Å². The minimum atomic E-state index is 0.553. The summed E-state index contributed by atoms with van der Waals surface area (Å²) >= 11 is 0. The molecule has 0 saturated heterocycles. The van der Waals surface area contributed by atoms with E-state index >= 15 is 0 Å². The van der Waals surface area contributed by atoms with Gasteiger partial charge in [-0.3, -0.25) is 0 Å². The summed E-state index contributed by atoms with van der Waals surface area (Å²) in [6.45, 7) is 10.8. The first-order valence-electron chi connectivity index (χ1n) is 7.12. The van der Waals surface area contributed by atoms with Crippen LogP contribution in [-0.2, 0) is 0 Å². The van der Waals surface area contributed by atoms with Crippen molar-refractivity contribution in [3.05, 3.63) is 29.2 Å². The molecule has 2 unspecified atom stereocenters. The van der Waals surface area contributed by atoms with Crippen LogP contribution in [0, 0.1) is 11.8 Å². The van der Waals surface area contributed by atoms with Gasteiger partial charge in [-0.05, 0) is 43.0 Å². The van der Waals surface area contributed by atoms with E-state index in [4.69, 9.17) is 4.42 Å². The van der Waals surface area contributed by atoms with Gasteiger partial charge in [0, 0.05) is 12.5 Å². The lowest BCUT2D eigenvalue weighted by Crippen LogP contribution is -2.18. The maximum absolute atomic E-state index is 5.93. The van der Waals surface area contributed by atoms with Gasteiger partial charge in [-0.1, -0.05) is 33.3 Å². The third-order valence-corrected chi connectivity index (χ3v) is 3.77. The van der Waals surface area contributed by atoms with Gasteiger partial charge >= 0.3 is 0 Å². The van der Waals surface area contributed by atoms with Gasteiger partial charge in [-0.25, -0.2) is 0 Å². The zero-order chi connectivity index (χ0) is 13.1. The number of hydrogen-bond donors (Lipinski definition) is 1. The summed E-state index contributed by atoms with van der Waals surface area (Å²) < 4.78 is 5.93. The summed E-state index contributed by atoms with van der Waals surface area (Å²) in [5.74, 6) is 4.20. The minimum Gasteiger partial charge on any atom is -0.461 e. The molecule has 0 amide bonds. The van der Waals surface area contributed by atoms with Crippen LogP contribution in [-0.4, -0.2) is 13.1 Å². The Hall–Kier alpha value is -1.02. The molecule has 0 spiro atoms. The predicted molar refractivity (Wildman–Crippen MR) is 76.6 cm³/mol. The Bertz CT molecular complexity index is 416. The second kappa shape index (κ2) is 5.75. The molecule has 0 aliphatic heterocycles. The molecule has 1 aliphatic carbocycles. The van der Waals surface area contributed by atoms with E-state index in [0.717, 1.165) is 24.8 Å². The van der Waals surface area contributed by atoms with Gasteiger partial charge in [0.25, 0.3) is 0 Å². The summed E-state index contributed by atoms with van der Waals surface area (Å²) in [5, 5.41) is 3.39. The van der Waals surface area contributed by atoms with Crippen molar-refractivity contribution >= 4 is 6.08 Å². The van der Waals surface area contributed by atoms with E-state index in [1.165, 1.54) is 17.8 Å². The number of hydrogen-bond acceptors (Lipinski definition) is 2. The third kappa shape index (κ3) is 3.26. The van der Waals surface area contributed by atoms with E-state index < -0.39 is 0 Å². The largest absolute Gasteiger partial charge is 0.461 e. The molecule has 2 heteroatoms. The van der Waals surface area contributed by atoms with E-state index in [2.05, 4.69) is 51.2 Å². The first kappa shape index (κ1) is 13.4. The first-order valence-corrected chi connectivity index (χ1v) is 7.12. The Kier molecular flexibility index (Phi) is 4.28. The fraction of sp³-hybridized carbons (Fsp3) is 0.625. The molecule has 1 aromatic heterocycles. The monoisotopic (exact) mass is 247 g/mol. The minimum absolute atomic E-state index is 0.553. The Labute approximate surface area is 110 Å². The molecular weight excluding hydrogens is 222 g/mol. The molecular formula is C16H25NO. The SMILES string of the molecule is CCNCC(=Cc1ccc(C2CC2C)o1)C(C)C. The van der Waals surface area contributed by atoms with Crippen LogP contribution in [0.25, 0.3) is 6.08 Å². The Morgan fingerprint density at radius 1 is 1.50 bits per heavy atom. The van der Waals surface area contributed by atoms with Gasteiger partial charge < -0.3 is 9.73 Å². The molecule has 1 saturated carbocycles. The molecule has 1 aliphatic rings. The van der Waals surface area contributed by atoms with Crippen LogP contribution in [0.15, 0.2) is 22.1 Å². The summed E-state index contributed by atoms with van der Waals surface area (Å²) in [6, 6.07) is 4.25. The van der Waals surface area contributed by atoms with E-state index in [1.54, 1.807) is 0 Å². The Morgan fingerprint density at radius 2 is 2.22 bits per heavy atom. The number of rotatable bonds is 6. The number of likely N-dealkylation sites (N-methyl/N-ethyl adjacent to an activating group) is 1. The molecule has 2 nitrogen and oxygen atoms in total. The van der Waals surface area contributed by atoms with Gasteiger partial charge in [-0.15, -0.1) is 0 Å². The first-order chi connectivity index (χ1) is 8.61. The van der Waals surface area contributed by atoms with Gasteiger partial charge in [0.15, 0.2) is 0 Å². The highest BCUT2D eigenvalue weighted by molar-refractivity contribution is 5.49. The summed E-state index contributed by atoms with van der Waals surface area (Å²) in [5.41, 5.74) is 1.40. The van der Waals surface area contributed by atoms with Crippen LogP contribution in [0.4, 0.5) is 0 Å². The molecule has 1 heterocycles. The van der Waals surface area contributed by atoms with Crippen LogP contribution < -0.4 is 5.32 Å². The molecule has 18 heavy (non-hydrogen) atoms. The van der Waals surface area contributed by atoms with Crippen molar-refractivity contribution in [3.8, 4) is 0 Å². The predicted octanol–water partition coefficient (Wildman–Crippen LogP) is 4.05. The zero-order valence-corrected chi connectivity index (χ0v) is 12.0. The van der Waals surface area contributed by atoms with Gasteiger partial charge in [0.05, 0.1) is 0 Å². The smallest absolute Gasteiger partial charge is 0.127 e. The molecule has 2 rings (SSSR count). The average Bonchev–Trinajstić information content (AvgIpc) is 2.89. The quantitative estimate of drug-likeness (QED) is 0.820. The molecule has 1 fully saturated rings. The maximum Gasteiger partial charge on any atom is 0.127 e. The van der Waals surface area contributed by atoms with Crippen molar-refractivity contribution in [2.24, 2.45) is 11.8 Å². The van der Waals surface area contributed by atoms with E-state index in [-0.39, 0.29) is 0 Å². The number of furan rings is 1. The van der Waals surface area contributed by atoms with Gasteiger partial charge in [0.2, 0.25) is 0 Å². The lowest BCUT2D eigenvalue weighted by molar-refractivity contribution is 0.496. The Balaban J connectivity index is 2.06. The van der Waals surface area contributed by atoms with Crippen molar-refractivity contribution in [1.82, 2.24) is 5.32 Å². The molecule has 1 N–H and O–H groups in total. The van der Waals surface area contributed by atoms with Crippen LogP contribution in [0.1, 0.15) is 51.6 Å². The lowest BCUT2D eigenvalue weighted by atomic mass is 10.0. The highest BCUT2D eigenvalue weighted by Crippen LogP contribution is 2.47. The Morgan fingerprint density at radius 3 is 2.78 bits per heavy atom. The molecule has 1 aromatic rings. The van der Waals surface area contributed by atoms with Crippen molar-refractivity contribution in [1.29, 1.82) is 0 Å². The van der Waals surface area contributed by atoms with Crippen LogP contribution in [0.2, 0.25) is 0 Å². The van der Waals surface area contributed by atoms with E-state index in [0.29, 0.717) is 11.8 Å². The van der Waals surface area contributed by atoms with Crippen molar-refractivity contribution in [3.63, 3.8) is 0 Å². The average molecular weight is 247 g/mol. The molecule has 0 bridgehead atoms. The molecule has 100 valence electrons.